The number of carbonyl (C=O) groups excluding carboxylic acids is 1. The van der Waals surface area contributed by atoms with Crippen LogP contribution in [0.3, 0.4) is 0 Å². The average Bonchev–Trinajstić information content (AvgIpc) is 2.73. The highest BCUT2D eigenvalue weighted by molar-refractivity contribution is 6.58. The number of nitrogen functional groups attached to an aromatic ring is 2. The number of methoxy groups -OCH3 is 1. The molecule has 0 atom stereocenters. The quantitative estimate of drug-likeness (QED) is 0.227. The molecule has 1 heterocycles. The van der Waals surface area contributed by atoms with Gasteiger partial charge in [0.05, 0.1) is 29.0 Å². The molecule has 0 amide bonds. The van der Waals surface area contributed by atoms with Crippen LogP contribution >= 0.6 is 11.6 Å². The summed E-state index contributed by atoms with van der Waals surface area (Å²) in [5.74, 6) is -1.61. The standard InChI is InChI=1S/C12H9ClN2O2.C8H10BNO4/c13-9-2-1-5-15-11(9)7-3-4-8(12(16)17)10(14)6-7;1-14-8(11)6-3-2-5(9(12)13)4-7(6)10/h1-6H,14H2,(H,16,17);2-4,12-13H,10H2,1H3. The molecule has 0 saturated heterocycles. The van der Waals surface area contributed by atoms with Gasteiger partial charge in [-0.3, -0.25) is 4.98 Å². The molecule has 0 bridgehead atoms. The number of pyridine rings is 1. The molecule has 0 fully saturated rings. The Bertz CT molecular complexity index is 1110. The third-order valence-electron chi connectivity index (χ3n) is 4.09. The van der Waals surface area contributed by atoms with E-state index in [4.69, 9.17) is 38.2 Å². The summed E-state index contributed by atoms with van der Waals surface area (Å²) in [6.07, 6.45) is 1.61. The van der Waals surface area contributed by atoms with Gasteiger partial charge in [0.1, 0.15) is 0 Å². The third kappa shape index (κ3) is 5.95. The highest BCUT2D eigenvalue weighted by Crippen LogP contribution is 2.27. The molecule has 0 spiro atoms. The molecule has 2 aromatic carbocycles. The van der Waals surface area contributed by atoms with E-state index in [2.05, 4.69) is 9.72 Å². The zero-order valence-electron chi connectivity index (χ0n) is 16.3. The van der Waals surface area contributed by atoms with Crippen molar-refractivity contribution in [3.05, 3.63) is 70.9 Å². The van der Waals surface area contributed by atoms with Crippen molar-refractivity contribution < 1.29 is 29.5 Å². The van der Waals surface area contributed by atoms with Crippen molar-refractivity contribution in [3.8, 4) is 11.3 Å². The average molecular weight is 444 g/mol. The van der Waals surface area contributed by atoms with Gasteiger partial charge in [-0.1, -0.05) is 23.7 Å². The van der Waals surface area contributed by atoms with Crippen LogP contribution in [0.15, 0.2) is 54.7 Å². The van der Waals surface area contributed by atoms with Gasteiger partial charge in [0.25, 0.3) is 0 Å². The highest BCUT2D eigenvalue weighted by atomic mass is 35.5. The van der Waals surface area contributed by atoms with Crippen LogP contribution in [0.1, 0.15) is 20.7 Å². The van der Waals surface area contributed by atoms with E-state index in [1.165, 1.54) is 31.4 Å². The van der Waals surface area contributed by atoms with Crippen LogP contribution in [0, 0.1) is 0 Å². The first-order valence-corrected chi connectivity index (χ1v) is 9.11. The summed E-state index contributed by atoms with van der Waals surface area (Å²) in [6.45, 7) is 0. The Labute approximate surface area is 183 Å². The molecule has 9 nitrogen and oxygen atoms in total. The number of nitrogens with zero attached hydrogens (tertiary/aromatic N) is 1. The van der Waals surface area contributed by atoms with E-state index in [1.54, 1.807) is 30.5 Å². The number of halogens is 1. The maximum absolute atomic E-state index is 11.1. The summed E-state index contributed by atoms with van der Waals surface area (Å²) in [6, 6.07) is 12.2. The second-order valence-corrected chi connectivity index (χ2v) is 6.56. The van der Waals surface area contributed by atoms with Crippen molar-refractivity contribution in [1.29, 1.82) is 0 Å². The lowest BCUT2D eigenvalue weighted by Crippen LogP contribution is -2.30. The van der Waals surface area contributed by atoms with Crippen molar-refractivity contribution >= 4 is 47.5 Å². The van der Waals surface area contributed by atoms with Crippen LogP contribution in [-0.4, -0.2) is 46.3 Å². The predicted octanol–water partition coefficient (Wildman–Crippen LogP) is 1.42. The molecule has 0 radical (unpaired) electrons. The minimum Gasteiger partial charge on any atom is -0.478 e. The van der Waals surface area contributed by atoms with Crippen LogP contribution in [0.4, 0.5) is 11.4 Å². The first-order chi connectivity index (χ1) is 14.6. The third-order valence-corrected chi connectivity index (χ3v) is 4.40. The van der Waals surface area contributed by atoms with Crippen molar-refractivity contribution in [3.63, 3.8) is 0 Å². The van der Waals surface area contributed by atoms with Gasteiger partial charge in [-0.2, -0.15) is 0 Å². The molecule has 0 aliphatic carbocycles. The molecule has 0 aliphatic rings. The van der Waals surface area contributed by atoms with Crippen LogP contribution < -0.4 is 16.9 Å². The van der Waals surface area contributed by atoms with Gasteiger partial charge in [0.2, 0.25) is 0 Å². The smallest absolute Gasteiger partial charge is 0.478 e. The number of carboxylic acids is 1. The lowest BCUT2D eigenvalue weighted by atomic mass is 9.79. The van der Waals surface area contributed by atoms with Gasteiger partial charge in [-0.05, 0) is 41.9 Å². The minimum atomic E-state index is -1.59. The topological polar surface area (TPSA) is 169 Å². The Balaban J connectivity index is 0.000000225. The summed E-state index contributed by atoms with van der Waals surface area (Å²) in [7, 11) is -0.347. The summed E-state index contributed by atoms with van der Waals surface area (Å²) in [5.41, 5.74) is 13.3. The fourth-order valence-electron chi connectivity index (χ4n) is 2.54. The zero-order chi connectivity index (χ0) is 23.1. The molecule has 11 heteroatoms. The van der Waals surface area contributed by atoms with E-state index in [9.17, 15) is 9.59 Å². The fraction of sp³-hybridized carbons (Fsp3) is 0.0500. The van der Waals surface area contributed by atoms with Crippen LogP contribution in [-0.2, 0) is 4.74 Å². The number of rotatable bonds is 4. The van der Waals surface area contributed by atoms with E-state index in [0.717, 1.165) is 0 Å². The van der Waals surface area contributed by atoms with E-state index in [1.807, 2.05) is 0 Å². The number of carbonyl (C=O) groups is 2. The summed E-state index contributed by atoms with van der Waals surface area (Å²) in [4.78, 5) is 26.0. The van der Waals surface area contributed by atoms with Crippen molar-refractivity contribution in [2.45, 2.75) is 0 Å². The number of hydrogen-bond donors (Lipinski definition) is 5. The largest absolute Gasteiger partial charge is 0.488 e. The number of hydrogen-bond acceptors (Lipinski definition) is 8. The molecule has 0 aliphatic heterocycles. The first-order valence-electron chi connectivity index (χ1n) is 8.73. The Hall–Kier alpha value is -3.60. The number of aromatic nitrogens is 1. The Morgan fingerprint density at radius 2 is 1.68 bits per heavy atom. The number of esters is 1. The van der Waals surface area contributed by atoms with Crippen LogP contribution in [0.2, 0.25) is 5.02 Å². The monoisotopic (exact) mass is 443 g/mol. The van der Waals surface area contributed by atoms with Gasteiger partial charge in [0, 0.05) is 23.1 Å². The normalized spacial score (nSPS) is 9.94. The first kappa shape index (κ1) is 23.7. The molecular weight excluding hydrogens is 425 g/mol. The van der Waals surface area contributed by atoms with E-state index < -0.39 is 19.1 Å². The van der Waals surface area contributed by atoms with E-state index in [-0.39, 0.29) is 28.0 Å². The van der Waals surface area contributed by atoms with Crippen LogP contribution in [0.25, 0.3) is 11.3 Å². The Morgan fingerprint density at radius 3 is 2.19 bits per heavy atom. The van der Waals surface area contributed by atoms with Crippen molar-refractivity contribution in [2.75, 3.05) is 18.6 Å². The highest BCUT2D eigenvalue weighted by Gasteiger charge is 2.15. The van der Waals surface area contributed by atoms with Gasteiger partial charge in [-0.15, -0.1) is 0 Å². The molecule has 31 heavy (non-hydrogen) atoms. The lowest BCUT2D eigenvalue weighted by Gasteiger charge is -2.06. The second kappa shape index (κ2) is 10.4. The number of anilines is 2. The SMILES string of the molecule is COC(=O)c1ccc(B(O)O)cc1N.Nc1cc(-c2ncccc2Cl)ccc1C(=O)O. The number of benzene rings is 2. The predicted molar refractivity (Wildman–Crippen MR) is 118 cm³/mol. The molecule has 0 saturated carbocycles. The maximum Gasteiger partial charge on any atom is 0.488 e. The molecule has 1 aromatic heterocycles. The van der Waals surface area contributed by atoms with Gasteiger partial charge in [-0.25, -0.2) is 9.59 Å². The summed E-state index contributed by atoms with van der Waals surface area (Å²) in [5, 5.41) is 27.0. The molecule has 3 rings (SSSR count). The van der Waals surface area contributed by atoms with Crippen molar-refractivity contribution in [2.24, 2.45) is 0 Å². The van der Waals surface area contributed by atoms with E-state index in [0.29, 0.717) is 16.3 Å². The summed E-state index contributed by atoms with van der Waals surface area (Å²) < 4.78 is 4.47. The fourth-order valence-corrected chi connectivity index (χ4v) is 2.77. The number of nitrogens with two attached hydrogens (primary N) is 2. The van der Waals surface area contributed by atoms with Crippen LogP contribution in [0.5, 0.6) is 0 Å². The van der Waals surface area contributed by atoms with Gasteiger partial charge in [0.15, 0.2) is 0 Å². The lowest BCUT2D eigenvalue weighted by molar-refractivity contribution is 0.0601. The maximum atomic E-state index is 11.1. The van der Waals surface area contributed by atoms with Crippen molar-refractivity contribution in [1.82, 2.24) is 4.98 Å². The number of carboxylic acid groups (broad SMARTS) is 1. The molecule has 3 aromatic rings. The molecule has 7 N–H and O–H groups in total. The number of ether oxygens (including phenoxy) is 1. The minimum absolute atomic E-state index is 0.0702. The summed E-state index contributed by atoms with van der Waals surface area (Å²) >= 11 is 5.99. The Kier molecular flexibility index (Phi) is 7.97. The Morgan fingerprint density at radius 1 is 1.03 bits per heavy atom. The van der Waals surface area contributed by atoms with Gasteiger partial charge < -0.3 is 31.4 Å². The number of aromatic carboxylic acids is 1. The van der Waals surface area contributed by atoms with Gasteiger partial charge >= 0.3 is 19.1 Å². The second-order valence-electron chi connectivity index (χ2n) is 6.15. The molecular formula is C20H19BClN3O6. The van der Waals surface area contributed by atoms with E-state index >= 15 is 0 Å². The molecule has 0 unspecified atom stereocenters. The molecule has 160 valence electrons. The zero-order valence-corrected chi connectivity index (χ0v) is 17.1.